The molecule has 2 heteroatoms. The van der Waals surface area contributed by atoms with Crippen LogP contribution in [0.4, 0.5) is 0 Å². The van der Waals surface area contributed by atoms with Gasteiger partial charge >= 0.3 is 0 Å². The maximum absolute atomic E-state index is 4.63. The van der Waals surface area contributed by atoms with Crippen molar-refractivity contribution in [3.63, 3.8) is 0 Å². The van der Waals surface area contributed by atoms with E-state index in [4.69, 9.17) is 0 Å². The first-order valence-electron chi connectivity index (χ1n) is 4.49. The number of rotatable bonds is 2. The second kappa shape index (κ2) is 3.56. The molecule has 0 aliphatic heterocycles. The Balaban J connectivity index is 3.00. The molecule has 1 nitrogen and oxygen atoms in total. The highest BCUT2D eigenvalue weighted by molar-refractivity contribution is 7.11. The van der Waals surface area contributed by atoms with E-state index in [1.807, 2.05) is 11.3 Å². The van der Waals surface area contributed by atoms with Gasteiger partial charge in [-0.3, -0.25) is 0 Å². The zero-order chi connectivity index (χ0) is 9.30. The van der Waals surface area contributed by atoms with Gasteiger partial charge in [0.25, 0.3) is 0 Å². The van der Waals surface area contributed by atoms with Crippen molar-refractivity contribution in [1.82, 2.24) is 4.98 Å². The first-order chi connectivity index (χ1) is 5.52. The molecular weight excluding hydrogens is 166 g/mol. The molecule has 0 spiro atoms. The van der Waals surface area contributed by atoms with E-state index in [2.05, 4.69) is 39.6 Å². The normalized spacial score (nSPS) is 11.6. The molecule has 0 fully saturated rings. The molecule has 0 unspecified atom stereocenters. The molecule has 1 aromatic heterocycles. The highest BCUT2D eigenvalue weighted by atomic mass is 32.1. The van der Waals surface area contributed by atoms with Crippen molar-refractivity contribution >= 4 is 11.3 Å². The maximum atomic E-state index is 4.63. The summed E-state index contributed by atoms with van der Waals surface area (Å²) in [4.78, 5) is 6.01. The van der Waals surface area contributed by atoms with E-state index in [-0.39, 0.29) is 0 Å². The van der Waals surface area contributed by atoms with Crippen LogP contribution in [0.15, 0.2) is 0 Å². The average Bonchev–Trinajstić information content (AvgIpc) is 2.30. The number of aromatic nitrogens is 1. The van der Waals surface area contributed by atoms with Gasteiger partial charge in [-0.05, 0) is 12.8 Å². The molecular formula is C10H17NS. The molecule has 0 saturated carbocycles. The molecule has 0 bridgehead atoms. The number of hydrogen-bond acceptors (Lipinski definition) is 2. The first kappa shape index (κ1) is 9.72. The SMILES string of the molecule is Cc1sc(C(C)C)nc1C(C)C. The minimum atomic E-state index is 0.564. The monoisotopic (exact) mass is 183 g/mol. The Morgan fingerprint density at radius 2 is 1.67 bits per heavy atom. The minimum Gasteiger partial charge on any atom is -0.245 e. The summed E-state index contributed by atoms with van der Waals surface area (Å²) in [6.07, 6.45) is 0. The third-order valence-electron chi connectivity index (χ3n) is 1.89. The Morgan fingerprint density at radius 3 is 1.92 bits per heavy atom. The Kier molecular flexibility index (Phi) is 2.89. The van der Waals surface area contributed by atoms with Gasteiger partial charge in [0.2, 0.25) is 0 Å². The van der Waals surface area contributed by atoms with Crippen molar-refractivity contribution < 1.29 is 0 Å². The predicted octanol–water partition coefficient (Wildman–Crippen LogP) is 3.70. The molecule has 0 aromatic carbocycles. The molecule has 0 saturated heterocycles. The van der Waals surface area contributed by atoms with E-state index in [1.165, 1.54) is 15.6 Å². The third kappa shape index (κ3) is 1.86. The van der Waals surface area contributed by atoms with Gasteiger partial charge in [0.05, 0.1) is 10.7 Å². The number of aryl methyl sites for hydroxylation is 1. The van der Waals surface area contributed by atoms with E-state index < -0.39 is 0 Å². The van der Waals surface area contributed by atoms with E-state index >= 15 is 0 Å². The van der Waals surface area contributed by atoms with Crippen LogP contribution < -0.4 is 0 Å². The molecule has 1 heterocycles. The largest absolute Gasteiger partial charge is 0.245 e. The predicted molar refractivity (Wildman–Crippen MR) is 55.0 cm³/mol. The van der Waals surface area contributed by atoms with Gasteiger partial charge in [-0.1, -0.05) is 27.7 Å². The minimum absolute atomic E-state index is 0.564. The van der Waals surface area contributed by atoms with E-state index in [1.54, 1.807) is 0 Å². The summed E-state index contributed by atoms with van der Waals surface area (Å²) >= 11 is 1.84. The number of nitrogens with zero attached hydrogens (tertiary/aromatic N) is 1. The summed E-state index contributed by atoms with van der Waals surface area (Å²) in [7, 11) is 0. The molecule has 0 amide bonds. The molecule has 1 aromatic rings. The lowest BCUT2D eigenvalue weighted by atomic mass is 10.1. The fraction of sp³-hybridized carbons (Fsp3) is 0.700. The second-order valence-corrected chi connectivity index (χ2v) is 5.04. The fourth-order valence-corrected chi connectivity index (χ4v) is 2.29. The van der Waals surface area contributed by atoms with Crippen LogP contribution in [0.25, 0.3) is 0 Å². The first-order valence-corrected chi connectivity index (χ1v) is 5.31. The summed E-state index contributed by atoms with van der Waals surface area (Å²) in [5.74, 6) is 1.13. The van der Waals surface area contributed by atoms with E-state index in [0.717, 1.165) is 0 Å². The molecule has 0 N–H and O–H groups in total. The van der Waals surface area contributed by atoms with Crippen molar-refractivity contribution in [2.45, 2.75) is 46.5 Å². The van der Waals surface area contributed by atoms with Crippen LogP contribution in [0.1, 0.15) is 55.1 Å². The van der Waals surface area contributed by atoms with Crippen LogP contribution in [0.3, 0.4) is 0 Å². The lowest BCUT2D eigenvalue weighted by molar-refractivity contribution is 0.788. The van der Waals surface area contributed by atoms with Gasteiger partial charge in [0, 0.05) is 10.8 Å². The standard InChI is InChI=1S/C10H17NS/c1-6(2)9-8(5)12-10(11-9)7(3)4/h6-7H,1-5H3. The van der Waals surface area contributed by atoms with E-state index in [0.29, 0.717) is 11.8 Å². The van der Waals surface area contributed by atoms with Crippen LogP contribution in [0, 0.1) is 6.92 Å². The van der Waals surface area contributed by atoms with Crippen LogP contribution in [0.5, 0.6) is 0 Å². The summed E-state index contributed by atoms with van der Waals surface area (Å²) in [5.41, 5.74) is 1.28. The molecule has 0 aliphatic rings. The van der Waals surface area contributed by atoms with Crippen molar-refractivity contribution in [2.75, 3.05) is 0 Å². The Morgan fingerprint density at radius 1 is 1.08 bits per heavy atom. The highest BCUT2D eigenvalue weighted by Gasteiger charge is 2.12. The highest BCUT2D eigenvalue weighted by Crippen LogP contribution is 2.28. The number of hydrogen-bond donors (Lipinski definition) is 0. The number of thiazole rings is 1. The topological polar surface area (TPSA) is 12.9 Å². The Bertz CT molecular complexity index is 261. The Hall–Kier alpha value is -0.370. The van der Waals surface area contributed by atoms with Gasteiger partial charge in [-0.15, -0.1) is 11.3 Å². The summed E-state index contributed by atoms with van der Waals surface area (Å²) in [6.45, 7) is 11.0. The van der Waals surface area contributed by atoms with E-state index in [9.17, 15) is 0 Å². The molecule has 1 rings (SSSR count). The third-order valence-corrected chi connectivity index (χ3v) is 3.18. The summed E-state index contributed by atoms with van der Waals surface area (Å²) < 4.78 is 0. The smallest absolute Gasteiger partial charge is 0.0956 e. The van der Waals surface area contributed by atoms with Crippen molar-refractivity contribution in [3.05, 3.63) is 15.6 Å². The summed E-state index contributed by atoms with van der Waals surface area (Å²) in [6, 6.07) is 0. The molecule has 0 aliphatic carbocycles. The lowest BCUT2D eigenvalue weighted by Gasteiger charge is -2.00. The van der Waals surface area contributed by atoms with Crippen molar-refractivity contribution in [1.29, 1.82) is 0 Å². The van der Waals surface area contributed by atoms with Gasteiger partial charge in [0.1, 0.15) is 0 Å². The van der Waals surface area contributed by atoms with Gasteiger partial charge in [-0.2, -0.15) is 0 Å². The van der Waals surface area contributed by atoms with Crippen LogP contribution in [0.2, 0.25) is 0 Å². The van der Waals surface area contributed by atoms with Gasteiger partial charge in [0.15, 0.2) is 0 Å². The molecule has 68 valence electrons. The fourth-order valence-electron chi connectivity index (χ4n) is 1.21. The maximum Gasteiger partial charge on any atom is 0.0956 e. The second-order valence-electron chi connectivity index (χ2n) is 3.80. The van der Waals surface area contributed by atoms with Gasteiger partial charge < -0.3 is 0 Å². The van der Waals surface area contributed by atoms with Crippen LogP contribution in [-0.4, -0.2) is 4.98 Å². The van der Waals surface area contributed by atoms with Crippen molar-refractivity contribution in [2.24, 2.45) is 0 Å². The zero-order valence-corrected chi connectivity index (χ0v) is 9.33. The molecule has 12 heavy (non-hydrogen) atoms. The molecule has 0 radical (unpaired) electrons. The summed E-state index contributed by atoms with van der Waals surface area (Å²) in [5, 5.41) is 1.27. The van der Waals surface area contributed by atoms with Crippen molar-refractivity contribution in [3.8, 4) is 0 Å². The van der Waals surface area contributed by atoms with Crippen LogP contribution in [-0.2, 0) is 0 Å². The van der Waals surface area contributed by atoms with Gasteiger partial charge in [-0.25, -0.2) is 4.98 Å². The Labute approximate surface area is 78.8 Å². The lowest BCUT2D eigenvalue weighted by Crippen LogP contribution is -1.91. The quantitative estimate of drug-likeness (QED) is 0.681. The van der Waals surface area contributed by atoms with Crippen LogP contribution >= 0.6 is 11.3 Å². The zero-order valence-electron chi connectivity index (χ0n) is 8.51. The average molecular weight is 183 g/mol. The molecule has 0 atom stereocenters.